The lowest BCUT2D eigenvalue weighted by Crippen LogP contribution is -2.11. The number of benzene rings is 1. The molecule has 0 unspecified atom stereocenters. The summed E-state index contributed by atoms with van der Waals surface area (Å²) in [5.41, 5.74) is 2.22. The Labute approximate surface area is 112 Å². The maximum absolute atomic E-state index is 5.65. The third kappa shape index (κ3) is 3.55. The van der Waals surface area contributed by atoms with Gasteiger partial charge < -0.3 is 10.1 Å². The van der Waals surface area contributed by atoms with Crippen molar-refractivity contribution in [2.75, 3.05) is 20.2 Å². The quantitative estimate of drug-likeness (QED) is 0.812. The molecule has 96 valence electrons. The predicted octanol–water partition coefficient (Wildman–Crippen LogP) is 3.11. The van der Waals surface area contributed by atoms with Crippen LogP contribution >= 0.6 is 11.3 Å². The normalized spacial score (nSPS) is 10.6. The highest BCUT2D eigenvalue weighted by Crippen LogP contribution is 2.25. The largest absolute Gasteiger partial charge is 0.494 e. The summed E-state index contributed by atoms with van der Waals surface area (Å²) in [5.74, 6) is 0.920. The Bertz CT molecular complexity index is 479. The first-order chi connectivity index (χ1) is 8.79. The van der Waals surface area contributed by atoms with Crippen molar-refractivity contribution >= 4 is 11.3 Å². The van der Waals surface area contributed by atoms with Gasteiger partial charge in [-0.1, -0.05) is 0 Å². The maximum atomic E-state index is 5.65. The Hall–Kier alpha value is -1.39. The molecular formula is C14H18N2OS. The van der Waals surface area contributed by atoms with Crippen LogP contribution in [0.15, 0.2) is 29.6 Å². The molecule has 3 nitrogen and oxygen atoms in total. The van der Waals surface area contributed by atoms with Crippen molar-refractivity contribution in [2.24, 2.45) is 0 Å². The van der Waals surface area contributed by atoms with Crippen molar-refractivity contribution < 1.29 is 4.74 Å². The molecule has 0 spiro atoms. The zero-order valence-corrected chi connectivity index (χ0v) is 11.6. The molecule has 1 aromatic heterocycles. The van der Waals surface area contributed by atoms with E-state index >= 15 is 0 Å². The number of hydrogen-bond acceptors (Lipinski definition) is 4. The van der Waals surface area contributed by atoms with Gasteiger partial charge in [0.1, 0.15) is 10.8 Å². The molecule has 0 fully saturated rings. The summed E-state index contributed by atoms with van der Waals surface area (Å²) in [6.07, 6.45) is 1.02. The molecule has 0 amide bonds. The number of aromatic nitrogens is 1. The monoisotopic (exact) mass is 262 g/mol. The molecule has 1 N–H and O–H groups in total. The van der Waals surface area contributed by atoms with Gasteiger partial charge in [0, 0.05) is 16.6 Å². The molecule has 4 heteroatoms. The molecule has 18 heavy (non-hydrogen) atoms. The van der Waals surface area contributed by atoms with E-state index in [1.54, 1.807) is 11.3 Å². The van der Waals surface area contributed by atoms with E-state index in [0.29, 0.717) is 0 Å². The SMILES string of the molecule is CNCCCOc1ccc(-c2nc(C)cs2)cc1. The number of nitrogens with zero attached hydrogens (tertiary/aromatic N) is 1. The van der Waals surface area contributed by atoms with Gasteiger partial charge in [-0.3, -0.25) is 0 Å². The third-order valence-corrected chi connectivity index (χ3v) is 3.57. The average Bonchev–Trinajstić information content (AvgIpc) is 2.82. The van der Waals surface area contributed by atoms with Crippen molar-refractivity contribution in [2.45, 2.75) is 13.3 Å². The van der Waals surface area contributed by atoms with Crippen LogP contribution in [0.4, 0.5) is 0 Å². The number of thiazole rings is 1. The number of hydrogen-bond donors (Lipinski definition) is 1. The second-order valence-corrected chi connectivity index (χ2v) is 4.98. The Kier molecular flexibility index (Phi) is 4.73. The minimum absolute atomic E-state index is 0.747. The lowest BCUT2D eigenvalue weighted by atomic mass is 10.2. The van der Waals surface area contributed by atoms with E-state index in [1.165, 1.54) is 0 Å². The van der Waals surface area contributed by atoms with Crippen molar-refractivity contribution in [3.05, 3.63) is 35.3 Å². The highest BCUT2D eigenvalue weighted by molar-refractivity contribution is 7.13. The van der Waals surface area contributed by atoms with Crippen LogP contribution in [0.2, 0.25) is 0 Å². The van der Waals surface area contributed by atoms with Crippen LogP contribution in [0.1, 0.15) is 12.1 Å². The van der Waals surface area contributed by atoms with Crippen molar-refractivity contribution in [3.8, 4) is 16.3 Å². The molecule has 0 saturated carbocycles. The van der Waals surface area contributed by atoms with Gasteiger partial charge in [0.25, 0.3) is 0 Å². The molecule has 1 aromatic carbocycles. The first kappa shape index (κ1) is 13.1. The van der Waals surface area contributed by atoms with Crippen LogP contribution < -0.4 is 10.1 Å². The van der Waals surface area contributed by atoms with Gasteiger partial charge in [-0.05, 0) is 51.2 Å². The fourth-order valence-electron chi connectivity index (χ4n) is 1.62. The Morgan fingerprint density at radius 2 is 2.06 bits per heavy atom. The number of ether oxygens (including phenoxy) is 1. The molecule has 0 aliphatic carbocycles. The smallest absolute Gasteiger partial charge is 0.123 e. The minimum Gasteiger partial charge on any atom is -0.494 e. The molecule has 1 heterocycles. The van der Waals surface area contributed by atoms with Crippen molar-refractivity contribution in [1.29, 1.82) is 0 Å². The molecule has 0 bridgehead atoms. The van der Waals surface area contributed by atoms with E-state index in [0.717, 1.165) is 41.6 Å². The minimum atomic E-state index is 0.747. The Balaban J connectivity index is 1.93. The summed E-state index contributed by atoms with van der Waals surface area (Å²) >= 11 is 1.67. The molecule has 2 rings (SSSR count). The van der Waals surface area contributed by atoms with Gasteiger partial charge in [-0.15, -0.1) is 11.3 Å². The van der Waals surface area contributed by atoms with Crippen LogP contribution in [0.3, 0.4) is 0 Å². The zero-order valence-electron chi connectivity index (χ0n) is 10.8. The second-order valence-electron chi connectivity index (χ2n) is 4.12. The summed E-state index contributed by atoms with van der Waals surface area (Å²) in [5, 5.41) is 6.23. The van der Waals surface area contributed by atoms with E-state index in [1.807, 2.05) is 26.1 Å². The van der Waals surface area contributed by atoms with Crippen LogP contribution in [-0.4, -0.2) is 25.2 Å². The predicted molar refractivity (Wildman–Crippen MR) is 76.3 cm³/mol. The van der Waals surface area contributed by atoms with Crippen molar-refractivity contribution in [3.63, 3.8) is 0 Å². The lowest BCUT2D eigenvalue weighted by Gasteiger charge is -2.06. The van der Waals surface area contributed by atoms with Crippen molar-refractivity contribution in [1.82, 2.24) is 10.3 Å². The molecule has 2 aromatic rings. The fraction of sp³-hybridized carbons (Fsp3) is 0.357. The summed E-state index contributed by atoms with van der Waals surface area (Å²) < 4.78 is 5.65. The van der Waals surface area contributed by atoms with Crippen LogP contribution in [-0.2, 0) is 0 Å². The molecule has 0 saturated heterocycles. The van der Waals surface area contributed by atoms with E-state index in [-0.39, 0.29) is 0 Å². The second kappa shape index (κ2) is 6.52. The highest BCUT2D eigenvalue weighted by atomic mass is 32.1. The fourth-order valence-corrected chi connectivity index (χ4v) is 2.42. The van der Waals surface area contributed by atoms with Gasteiger partial charge in [-0.25, -0.2) is 4.98 Å². The van der Waals surface area contributed by atoms with Gasteiger partial charge in [0.05, 0.1) is 6.61 Å². The Morgan fingerprint density at radius 1 is 1.28 bits per heavy atom. The standard InChI is InChI=1S/C14H18N2OS/c1-11-10-18-14(16-11)12-4-6-13(7-5-12)17-9-3-8-15-2/h4-7,10,15H,3,8-9H2,1-2H3. The summed E-state index contributed by atoms with van der Waals surface area (Å²) in [7, 11) is 1.95. The average molecular weight is 262 g/mol. The van der Waals surface area contributed by atoms with E-state index in [4.69, 9.17) is 4.74 Å². The summed E-state index contributed by atoms with van der Waals surface area (Å²) in [4.78, 5) is 4.47. The molecule has 0 aliphatic heterocycles. The molecular weight excluding hydrogens is 244 g/mol. The van der Waals surface area contributed by atoms with Gasteiger partial charge >= 0.3 is 0 Å². The zero-order chi connectivity index (χ0) is 12.8. The van der Waals surface area contributed by atoms with Crippen LogP contribution in [0, 0.1) is 6.92 Å². The van der Waals surface area contributed by atoms with Crippen LogP contribution in [0.5, 0.6) is 5.75 Å². The first-order valence-electron chi connectivity index (χ1n) is 6.09. The van der Waals surface area contributed by atoms with Gasteiger partial charge in [0.15, 0.2) is 0 Å². The number of aryl methyl sites for hydroxylation is 1. The van der Waals surface area contributed by atoms with Crippen LogP contribution in [0.25, 0.3) is 10.6 Å². The highest BCUT2D eigenvalue weighted by Gasteiger charge is 2.02. The number of rotatable bonds is 6. The summed E-state index contributed by atoms with van der Waals surface area (Å²) in [6, 6.07) is 8.13. The Morgan fingerprint density at radius 3 is 2.67 bits per heavy atom. The van der Waals surface area contributed by atoms with E-state index < -0.39 is 0 Å². The molecule has 0 aliphatic rings. The summed E-state index contributed by atoms with van der Waals surface area (Å²) in [6.45, 7) is 3.74. The van der Waals surface area contributed by atoms with Gasteiger partial charge in [-0.2, -0.15) is 0 Å². The number of nitrogens with one attached hydrogen (secondary N) is 1. The maximum Gasteiger partial charge on any atom is 0.123 e. The van der Waals surface area contributed by atoms with Gasteiger partial charge in [0.2, 0.25) is 0 Å². The lowest BCUT2D eigenvalue weighted by molar-refractivity contribution is 0.310. The topological polar surface area (TPSA) is 34.1 Å². The molecule has 0 radical (unpaired) electrons. The third-order valence-electron chi connectivity index (χ3n) is 2.56. The van der Waals surface area contributed by atoms with E-state index in [2.05, 4.69) is 27.8 Å². The van der Waals surface area contributed by atoms with E-state index in [9.17, 15) is 0 Å². The molecule has 0 atom stereocenters. The first-order valence-corrected chi connectivity index (χ1v) is 6.97.